The number of nitrogens with zero attached hydrogens (tertiary/aromatic N) is 4. The molecule has 4 atom stereocenters. The van der Waals surface area contributed by atoms with Crippen LogP contribution in [0.3, 0.4) is 0 Å². The van der Waals surface area contributed by atoms with Gasteiger partial charge in [0.1, 0.15) is 42.8 Å². The predicted molar refractivity (Wildman–Crippen MR) is 102 cm³/mol. The number of anilines is 1. The number of carbonyl (C=O) groups is 1. The highest BCUT2D eigenvalue weighted by atomic mass is 16.8. The first kappa shape index (κ1) is 19.2. The van der Waals surface area contributed by atoms with Gasteiger partial charge in [-0.1, -0.05) is 0 Å². The van der Waals surface area contributed by atoms with Crippen molar-refractivity contribution in [2.24, 2.45) is 5.41 Å². The minimum absolute atomic E-state index is 0.241. The highest BCUT2D eigenvalue weighted by Crippen LogP contribution is 2.51. The summed E-state index contributed by atoms with van der Waals surface area (Å²) in [5.41, 5.74) is 5.24. The van der Waals surface area contributed by atoms with Crippen LogP contribution in [0.15, 0.2) is 18.5 Å². The molecule has 1 aliphatic carbocycles. The van der Waals surface area contributed by atoms with Gasteiger partial charge < -0.3 is 24.7 Å². The van der Waals surface area contributed by atoms with Crippen LogP contribution in [0.4, 0.5) is 5.82 Å². The van der Waals surface area contributed by atoms with Crippen molar-refractivity contribution in [3.05, 3.63) is 24.2 Å². The van der Waals surface area contributed by atoms with Gasteiger partial charge in [-0.05, 0) is 45.7 Å². The van der Waals surface area contributed by atoms with E-state index in [9.17, 15) is 10.1 Å². The molecule has 3 aliphatic rings. The largest absolute Gasteiger partial charge is 0.461 e. The molecule has 4 heterocycles. The van der Waals surface area contributed by atoms with Crippen molar-refractivity contribution in [3.63, 3.8) is 0 Å². The Morgan fingerprint density at radius 2 is 2.10 bits per heavy atom. The molecule has 10 heteroatoms. The smallest absolute Gasteiger partial charge is 0.311 e. The highest BCUT2D eigenvalue weighted by Gasteiger charge is 2.65. The first-order valence-corrected chi connectivity index (χ1v) is 9.88. The maximum absolute atomic E-state index is 12.4. The van der Waals surface area contributed by atoms with E-state index in [1.54, 1.807) is 24.4 Å². The van der Waals surface area contributed by atoms with E-state index in [0.717, 1.165) is 12.8 Å². The number of ether oxygens (including phenoxy) is 4. The van der Waals surface area contributed by atoms with E-state index in [1.807, 2.05) is 13.0 Å². The van der Waals surface area contributed by atoms with Crippen molar-refractivity contribution in [2.75, 3.05) is 12.3 Å². The van der Waals surface area contributed by atoms with Crippen molar-refractivity contribution >= 4 is 17.3 Å². The van der Waals surface area contributed by atoms with Crippen LogP contribution < -0.4 is 5.73 Å². The Kier molecular flexibility index (Phi) is 3.93. The number of nitrogen functional groups attached to an aromatic ring is 1. The summed E-state index contributed by atoms with van der Waals surface area (Å²) < 4.78 is 25.5. The lowest BCUT2D eigenvalue weighted by atomic mass is 9.96. The summed E-state index contributed by atoms with van der Waals surface area (Å²) in [5, 5.41) is 14.3. The minimum Gasteiger partial charge on any atom is -0.461 e. The molecule has 2 saturated heterocycles. The molecule has 158 valence electrons. The second-order valence-electron chi connectivity index (χ2n) is 8.90. The van der Waals surface area contributed by atoms with Gasteiger partial charge in [0.15, 0.2) is 11.6 Å². The van der Waals surface area contributed by atoms with Gasteiger partial charge in [-0.25, -0.2) is 9.50 Å². The molecule has 2 N–H and O–H groups in total. The van der Waals surface area contributed by atoms with Crippen LogP contribution in [0.5, 0.6) is 0 Å². The van der Waals surface area contributed by atoms with Crippen molar-refractivity contribution in [1.82, 2.24) is 14.6 Å². The van der Waals surface area contributed by atoms with Crippen LogP contribution in [0.25, 0.3) is 5.52 Å². The summed E-state index contributed by atoms with van der Waals surface area (Å²) in [6.45, 7) is 5.16. The molecule has 10 nitrogen and oxygen atoms in total. The average Bonchev–Trinajstić information content (AvgIpc) is 3.06. The van der Waals surface area contributed by atoms with Gasteiger partial charge in [0.25, 0.3) is 0 Å². The van der Waals surface area contributed by atoms with E-state index in [2.05, 4.69) is 16.2 Å². The zero-order chi connectivity index (χ0) is 21.3. The molecule has 1 saturated carbocycles. The molecule has 0 radical (unpaired) electrons. The maximum Gasteiger partial charge on any atom is 0.311 e. The number of carbonyl (C=O) groups excluding carboxylic acids is 1. The monoisotopic (exact) mass is 413 g/mol. The van der Waals surface area contributed by atoms with Crippen LogP contribution in [-0.2, 0) is 23.7 Å². The minimum atomic E-state index is -1.51. The van der Waals surface area contributed by atoms with Gasteiger partial charge in [0, 0.05) is 0 Å². The third-order valence-electron chi connectivity index (χ3n) is 6.13. The molecular formula is C20H23N5O5. The van der Waals surface area contributed by atoms with Crippen LogP contribution >= 0.6 is 0 Å². The molecule has 2 aromatic heterocycles. The van der Waals surface area contributed by atoms with Gasteiger partial charge in [0.05, 0.1) is 11.1 Å². The first-order chi connectivity index (χ1) is 14.2. The highest BCUT2D eigenvalue weighted by molar-refractivity contribution is 5.79. The molecule has 0 spiro atoms. The Hall–Kier alpha value is -2.74. The third-order valence-corrected chi connectivity index (χ3v) is 6.13. The standard InChI is InChI=1S/C20H23N5O5/c1-18(2)28-14-13(11-4-5-12-16(22)23-10-24-25(11)12)29-20(8-21,15(14)30-18)9-27-17(26)19(3)6-7-19/h4-5,10,13-15H,6-7,9H2,1-3H3,(H2,22,23,24)/t13-,14-,15-,20+/m0/s1. The summed E-state index contributed by atoms with van der Waals surface area (Å²) >= 11 is 0. The van der Waals surface area contributed by atoms with E-state index in [4.69, 9.17) is 24.7 Å². The van der Waals surface area contributed by atoms with Crippen LogP contribution in [0.1, 0.15) is 45.4 Å². The Morgan fingerprint density at radius 1 is 1.33 bits per heavy atom. The zero-order valence-electron chi connectivity index (χ0n) is 17.0. The van der Waals surface area contributed by atoms with Crippen molar-refractivity contribution in [1.29, 1.82) is 5.26 Å². The van der Waals surface area contributed by atoms with E-state index in [1.165, 1.54) is 6.33 Å². The molecule has 0 unspecified atom stereocenters. The number of hydrogen-bond acceptors (Lipinski definition) is 9. The topological polar surface area (TPSA) is 134 Å². The maximum atomic E-state index is 12.4. The van der Waals surface area contributed by atoms with Gasteiger partial charge >= 0.3 is 5.97 Å². The van der Waals surface area contributed by atoms with E-state index < -0.39 is 35.1 Å². The van der Waals surface area contributed by atoms with E-state index >= 15 is 0 Å². The molecular weight excluding hydrogens is 390 g/mol. The number of nitrogens with two attached hydrogens (primary N) is 1. The number of esters is 1. The Balaban J connectivity index is 1.51. The average molecular weight is 413 g/mol. The number of fused-ring (bicyclic) bond motifs is 2. The summed E-state index contributed by atoms with van der Waals surface area (Å²) in [6, 6.07) is 5.78. The van der Waals surface area contributed by atoms with Crippen molar-refractivity contribution in [2.45, 2.75) is 63.3 Å². The number of hydrogen-bond donors (Lipinski definition) is 1. The zero-order valence-corrected chi connectivity index (χ0v) is 17.0. The van der Waals surface area contributed by atoms with Crippen LogP contribution in [0.2, 0.25) is 0 Å². The van der Waals surface area contributed by atoms with Gasteiger partial charge in [-0.15, -0.1) is 0 Å². The quantitative estimate of drug-likeness (QED) is 0.740. The Labute approximate surface area is 172 Å². The van der Waals surface area contributed by atoms with E-state index in [-0.39, 0.29) is 12.6 Å². The van der Waals surface area contributed by atoms with Crippen molar-refractivity contribution < 1.29 is 23.7 Å². The first-order valence-electron chi connectivity index (χ1n) is 9.88. The Bertz CT molecular complexity index is 1070. The molecule has 0 aromatic carbocycles. The molecule has 0 bridgehead atoms. The molecule has 30 heavy (non-hydrogen) atoms. The summed E-state index contributed by atoms with van der Waals surface area (Å²) in [5.74, 6) is -0.923. The lowest BCUT2D eigenvalue weighted by Crippen LogP contribution is -2.46. The molecule has 3 fully saturated rings. The lowest BCUT2D eigenvalue weighted by molar-refractivity contribution is -0.208. The fourth-order valence-electron chi connectivity index (χ4n) is 4.13. The molecule has 5 rings (SSSR count). The second-order valence-corrected chi connectivity index (χ2v) is 8.90. The predicted octanol–water partition coefficient (Wildman–Crippen LogP) is 1.51. The fourth-order valence-corrected chi connectivity index (χ4v) is 4.13. The Morgan fingerprint density at radius 3 is 2.80 bits per heavy atom. The number of aromatic nitrogens is 3. The summed E-state index contributed by atoms with van der Waals surface area (Å²) in [7, 11) is 0. The summed E-state index contributed by atoms with van der Waals surface area (Å²) in [4.78, 5) is 16.4. The van der Waals surface area contributed by atoms with Gasteiger partial charge in [0.2, 0.25) is 5.60 Å². The SMILES string of the molecule is CC1(C)O[C@H]2[C@H](c3ccc4c(N)ncnn34)O[C@](C#N)(COC(=O)C3(C)CC3)[C@H]2O1. The van der Waals surface area contributed by atoms with E-state index in [0.29, 0.717) is 17.0 Å². The molecule has 0 amide bonds. The van der Waals surface area contributed by atoms with Gasteiger partial charge in [-0.3, -0.25) is 4.79 Å². The molecule has 2 aromatic rings. The molecule has 2 aliphatic heterocycles. The number of rotatable bonds is 4. The summed E-state index contributed by atoms with van der Waals surface area (Å²) in [6.07, 6.45) is 0.902. The normalized spacial score (nSPS) is 33.2. The van der Waals surface area contributed by atoms with Crippen LogP contribution in [-0.4, -0.2) is 50.8 Å². The van der Waals surface area contributed by atoms with Crippen LogP contribution in [0, 0.1) is 16.7 Å². The lowest BCUT2D eigenvalue weighted by Gasteiger charge is -2.29. The third kappa shape index (κ3) is 2.77. The fraction of sp³-hybridized carbons (Fsp3) is 0.600. The van der Waals surface area contributed by atoms with Gasteiger partial charge in [-0.2, -0.15) is 10.4 Å². The number of nitriles is 1. The van der Waals surface area contributed by atoms with Crippen molar-refractivity contribution in [3.8, 4) is 6.07 Å². The second kappa shape index (κ2) is 6.14.